The number of carboxylic acid groups (broad SMARTS) is 1. The van der Waals surface area contributed by atoms with Gasteiger partial charge < -0.3 is 10.4 Å². The van der Waals surface area contributed by atoms with Crippen molar-refractivity contribution < 1.29 is 18.9 Å². The fourth-order valence-electron chi connectivity index (χ4n) is 0.492. The van der Waals surface area contributed by atoms with E-state index >= 15 is 0 Å². The van der Waals surface area contributed by atoms with Crippen LogP contribution in [0.1, 0.15) is 6.42 Å². The van der Waals surface area contributed by atoms with Crippen LogP contribution in [0, 0.1) is 0 Å². The van der Waals surface area contributed by atoms with Crippen LogP contribution in [0.15, 0.2) is 0 Å². The third kappa shape index (κ3) is 5.84. The number of hydrogen-bond acceptors (Lipinski definition) is 3. The molecule has 1 unspecified atom stereocenters. The van der Waals surface area contributed by atoms with Gasteiger partial charge in [-0.15, -0.1) is 0 Å². The number of carbonyl (C=O) groups excluding carboxylic acids is 1. The van der Waals surface area contributed by atoms with Crippen molar-refractivity contribution in [1.82, 2.24) is 5.32 Å². The van der Waals surface area contributed by atoms with E-state index in [0.29, 0.717) is 0 Å². The first-order chi connectivity index (χ1) is 5.56. The normalized spacial score (nSPS) is 12.1. The zero-order valence-electron chi connectivity index (χ0n) is 6.70. The molecule has 0 aromatic heterocycles. The van der Waals surface area contributed by atoms with Gasteiger partial charge in [0.1, 0.15) is 5.75 Å². The summed E-state index contributed by atoms with van der Waals surface area (Å²) >= 11 is 0. The lowest BCUT2D eigenvalue weighted by Gasteiger charge is -1.98. The lowest BCUT2D eigenvalue weighted by Crippen LogP contribution is -2.25. The van der Waals surface area contributed by atoms with E-state index in [1.807, 2.05) is 0 Å². The summed E-state index contributed by atoms with van der Waals surface area (Å²) in [5, 5.41) is 10.5. The van der Waals surface area contributed by atoms with Gasteiger partial charge in [-0.2, -0.15) is 0 Å². The molecule has 2 N–H and O–H groups in total. The molecule has 1 atom stereocenters. The van der Waals surface area contributed by atoms with Gasteiger partial charge in [-0.1, -0.05) is 0 Å². The van der Waals surface area contributed by atoms with Crippen molar-refractivity contribution in [3.05, 3.63) is 0 Å². The molecule has 0 rings (SSSR count). The van der Waals surface area contributed by atoms with Crippen LogP contribution < -0.4 is 5.32 Å². The fraction of sp³-hybridized carbons (Fsp3) is 0.667. The minimum absolute atomic E-state index is 0.0305. The predicted octanol–water partition coefficient (Wildman–Crippen LogP) is -1.04. The van der Waals surface area contributed by atoms with Gasteiger partial charge in [0.15, 0.2) is 0 Å². The van der Waals surface area contributed by atoms with E-state index in [9.17, 15) is 13.8 Å². The van der Waals surface area contributed by atoms with Gasteiger partial charge in [0.05, 0.1) is 6.42 Å². The second-order valence-corrected chi connectivity index (χ2v) is 3.68. The molecule has 0 bridgehead atoms. The summed E-state index contributed by atoms with van der Waals surface area (Å²) in [6, 6.07) is 0. The molecular weight excluding hydrogens is 182 g/mol. The van der Waals surface area contributed by atoms with Crippen LogP contribution in [0.2, 0.25) is 0 Å². The Kier molecular flexibility index (Phi) is 5.27. The first-order valence-electron chi connectivity index (χ1n) is 3.33. The number of amides is 1. The van der Waals surface area contributed by atoms with Crippen molar-refractivity contribution in [3.63, 3.8) is 0 Å². The molecule has 12 heavy (non-hydrogen) atoms. The number of rotatable bonds is 5. The minimum Gasteiger partial charge on any atom is -0.481 e. The number of aliphatic carboxylic acids is 1. The average Bonchev–Trinajstić information content (AvgIpc) is 2.00. The highest BCUT2D eigenvalue weighted by Crippen LogP contribution is 1.87. The average molecular weight is 193 g/mol. The smallest absolute Gasteiger partial charge is 0.304 e. The quantitative estimate of drug-likeness (QED) is 0.584. The Morgan fingerprint density at radius 2 is 2.08 bits per heavy atom. The maximum atomic E-state index is 10.9. The van der Waals surface area contributed by atoms with E-state index in [1.165, 1.54) is 7.05 Å². The Hall–Kier alpha value is -0.910. The Morgan fingerprint density at radius 1 is 1.50 bits per heavy atom. The van der Waals surface area contributed by atoms with Gasteiger partial charge in [0, 0.05) is 23.6 Å². The Morgan fingerprint density at radius 3 is 2.50 bits per heavy atom. The molecule has 0 aromatic carbocycles. The van der Waals surface area contributed by atoms with Crippen molar-refractivity contribution >= 4 is 22.7 Å². The zero-order valence-corrected chi connectivity index (χ0v) is 7.52. The van der Waals surface area contributed by atoms with E-state index in [1.54, 1.807) is 0 Å². The Bertz CT molecular complexity index is 204. The van der Waals surface area contributed by atoms with Crippen LogP contribution in [-0.2, 0) is 20.4 Å². The summed E-state index contributed by atoms with van der Waals surface area (Å²) in [6.45, 7) is 0. The maximum absolute atomic E-state index is 10.9. The standard InChI is InChI=1S/C6H11NO4S/c1-7-5(8)4-12(11)3-2-6(9)10/h2-4H2,1H3,(H,7,8)(H,9,10). The van der Waals surface area contributed by atoms with Gasteiger partial charge in [-0.3, -0.25) is 13.8 Å². The van der Waals surface area contributed by atoms with E-state index < -0.39 is 16.8 Å². The molecule has 0 aliphatic rings. The van der Waals surface area contributed by atoms with E-state index in [-0.39, 0.29) is 23.8 Å². The Labute approximate surface area is 72.6 Å². The number of hydrogen-bond donors (Lipinski definition) is 2. The van der Waals surface area contributed by atoms with Crippen LogP contribution in [0.4, 0.5) is 0 Å². The summed E-state index contributed by atoms with van der Waals surface area (Å²) < 4.78 is 10.9. The third-order valence-electron chi connectivity index (χ3n) is 1.11. The summed E-state index contributed by atoms with van der Waals surface area (Å²) in [4.78, 5) is 20.6. The number of carboxylic acids is 1. The summed E-state index contributed by atoms with van der Waals surface area (Å²) in [5.74, 6) is -1.43. The molecule has 5 nitrogen and oxygen atoms in total. The molecule has 70 valence electrons. The first kappa shape index (κ1) is 11.1. The highest BCUT2D eigenvalue weighted by Gasteiger charge is 2.07. The van der Waals surface area contributed by atoms with Crippen LogP contribution in [0.25, 0.3) is 0 Å². The van der Waals surface area contributed by atoms with Gasteiger partial charge in [-0.05, 0) is 0 Å². The molecule has 0 saturated heterocycles. The van der Waals surface area contributed by atoms with E-state index in [0.717, 1.165) is 0 Å². The lowest BCUT2D eigenvalue weighted by molar-refractivity contribution is -0.136. The molecule has 0 fully saturated rings. The lowest BCUT2D eigenvalue weighted by atomic mass is 10.5. The molecule has 0 heterocycles. The van der Waals surface area contributed by atoms with Crippen LogP contribution in [-0.4, -0.2) is 39.7 Å². The molecule has 0 aliphatic heterocycles. The molecule has 0 aliphatic carbocycles. The number of carbonyl (C=O) groups is 2. The van der Waals surface area contributed by atoms with Crippen LogP contribution in [0.5, 0.6) is 0 Å². The van der Waals surface area contributed by atoms with Crippen molar-refractivity contribution in [1.29, 1.82) is 0 Å². The Balaban J connectivity index is 3.60. The molecule has 0 saturated carbocycles. The van der Waals surface area contributed by atoms with Crippen molar-refractivity contribution in [2.75, 3.05) is 18.6 Å². The van der Waals surface area contributed by atoms with E-state index in [4.69, 9.17) is 5.11 Å². The minimum atomic E-state index is -1.36. The molecule has 0 spiro atoms. The zero-order chi connectivity index (χ0) is 9.56. The first-order valence-corrected chi connectivity index (χ1v) is 4.82. The highest BCUT2D eigenvalue weighted by atomic mass is 32.2. The second-order valence-electron chi connectivity index (χ2n) is 2.11. The topological polar surface area (TPSA) is 83.5 Å². The molecule has 1 amide bonds. The molecular formula is C6H11NO4S. The van der Waals surface area contributed by atoms with Crippen molar-refractivity contribution in [2.24, 2.45) is 0 Å². The second kappa shape index (κ2) is 5.70. The fourth-order valence-corrected chi connectivity index (χ4v) is 1.48. The molecule has 0 radical (unpaired) electrons. The predicted molar refractivity (Wildman–Crippen MR) is 44.2 cm³/mol. The van der Waals surface area contributed by atoms with Gasteiger partial charge in [-0.25, -0.2) is 0 Å². The van der Waals surface area contributed by atoms with Gasteiger partial charge in [0.25, 0.3) is 0 Å². The van der Waals surface area contributed by atoms with Crippen LogP contribution >= 0.6 is 0 Å². The monoisotopic (exact) mass is 193 g/mol. The largest absolute Gasteiger partial charge is 0.481 e. The molecule has 6 heteroatoms. The maximum Gasteiger partial charge on any atom is 0.304 e. The SMILES string of the molecule is CNC(=O)CS(=O)CCC(=O)O. The van der Waals surface area contributed by atoms with Crippen molar-refractivity contribution in [2.45, 2.75) is 6.42 Å². The van der Waals surface area contributed by atoms with E-state index in [2.05, 4.69) is 5.32 Å². The van der Waals surface area contributed by atoms with Gasteiger partial charge in [0.2, 0.25) is 5.91 Å². The summed E-state index contributed by atoms with van der Waals surface area (Å²) in [5.41, 5.74) is 0. The third-order valence-corrected chi connectivity index (χ3v) is 2.36. The van der Waals surface area contributed by atoms with Crippen LogP contribution in [0.3, 0.4) is 0 Å². The number of nitrogens with one attached hydrogen (secondary N) is 1. The molecule has 0 aromatic rings. The van der Waals surface area contributed by atoms with Gasteiger partial charge >= 0.3 is 5.97 Å². The highest BCUT2D eigenvalue weighted by molar-refractivity contribution is 7.85. The summed E-state index contributed by atoms with van der Waals surface area (Å²) in [6.07, 6.45) is -0.163. The van der Waals surface area contributed by atoms with Crippen molar-refractivity contribution in [3.8, 4) is 0 Å². The summed E-state index contributed by atoms with van der Waals surface area (Å²) in [7, 11) is 0.0778.